The number of hydrogen-bond donors (Lipinski definition) is 1. The topological polar surface area (TPSA) is 52.0 Å². The number of rotatable bonds is 3. The van der Waals surface area contributed by atoms with Crippen LogP contribution in [0.5, 0.6) is 0 Å². The van der Waals surface area contributed by atoms with Gasteiger partial charge in [0, 0.05) is 24.3 Å². The van der Waals surface area contributed by atoms with Crippen molar-refractivity contribution in [3.8, 4) is 0 Å². The first-order valence-electron chi connectivity index (χ1n) is 5.14. The van der Waals surface area contributed by atoms with Crippen LogP contribution in [0.3, 0.4) is 0 Å². The van der Waals surface area contributed by atoms with Crippen molar-refractivity contribution in [2.24, 2.45) is 5.73 Å². The quantitative estimate of drug-likeness (QED) is 0.832. The Balaban J connectivity index is 1.89. The summed E-state index contributed by atoms with van der Waals surface area (Å²) < 4.78 is 5.21. The van der Waals surface area contributed by atoms with Crippen LogP contribution < -0.4 is 5.73 Å². The maximum absolute atomic E-state index is 5.47. The molecule has 1 aromatic rings. The minimum absolute atomic E-state index is 0.474. The molecule has 2 heterocycles. The fraction of sp³-hybridized carbons (Fsp3) is 0.700. The Hall–Kier alpha value is -0.480. The summed E-state index contributed by atoms with van der Waals surface area (Å²) in [5.74, 6) is 2.28. The highest BCUT2D eigenvalue weighted by Gasteiger charge is 2.16. The molecule has 2 rings (SSSR count). The number of thioether (sulfide) groups is 1. The summed E-state index contributed by atoms with van der Waals surface area (Å²) in [5, 5.41) is 4.62. The minimum Gasteiger partial charge on any atom is -0.361 e. The Morgan fingerprint density at radius 1 is 1.57 bits per heavy atom. The number of hydrogen-bond acceptors (Lipinski definition) is 4. The highest BCUT2D eigenvalue weighted by molar-refractivity contribution is 7.99. The van der Waals surface area contributed by atoms with Crippen LogP contribution in [0.15, 0.2) is 10.6 Å². The molecule has 3 nitrogen and oxygen atoms in total. The predicted octanol–water partition coefficient (Wildman–Crippen LogP) is 1.96. The molecule has 0 bridgehead atoms. The highest BCUT2D eigenvalue weighted by Crippen LogP contribution is 2.27. The molecule has 0 amide bonds. The van der Waals surface area contributed by atoms with E-state index in [0.717, 1.165) is 23.1 Å². The number of nitrogens with two attached hydrogens (primary N) is 1. The molecule has 1 aromatic heterocycles. The average molecular weight is 212 g/mol. The van der Waals surface area contributed by atoms with Crippen molar-refractivity contribution < 1.29 is 4.52 Å². The zero-order valence-corrected chi connectivity index (χ0v) is 9.05. The molecule has 0 aliphatic carbocycles. The largest absolute Gasteiger partial charge is 0.361 e. The van der Waals surface area contributed by atoms with Crippen molar-refractivity contribution in [2.75, 3.05) is 5.75 Å². The number of aromatic nitrogens is 1. The van der Waals surface area contributed by atoms with Crippen LogP contribution in [0, 0.1) is 0 Å². The van der Waals surface area contributed by atoms with E-state index in [1.165, 1.54) is 25.0 Å². The molecule has 78 valence electrons. The summed E-state index contributed by atoms with van der Waals surface area (Å²) in [4.78, 5) is 0. The molecule has 4 heteroatoms. The summed E-state index contributed by atoms with van der Waals surface area (Å²) in [6.45, 7) is 0.474. The molecule has 0 radical (unpaired) electrons. The van der Waals surface area contributed by atoms with E-state index in [9.17, 15) is 0 Å². The Bertz CT molecular complexity index is 281. The van der Waals surface area contributed by atoms with Gasteiger partial charge in [0.05, 0.1) is 5.69 Å². The summed E-state index contributed by atoms with van der Waals surface area (Å²) >= 11 is 2.06. The van der Waals surface area contributed by atoms with Crippen LogP contribution in [-0.4, -0.2) is 16.2 Å². The van der Waals surface area contributed by atoms with Gasteiger partial charge < -0.3 is 10.3 Å². The molecule has 0 spiro atoms. The van der Waals surface area contributed by atoms with E-state index in [1.807, 2.05) is 6.07 Å². The standard InChI is InChI=1S/C10H16N2OS/c11-7-8-5-9(13-12-8)6-10-3-1-2-4-14-10/h5,10H,1-4,6-7,11H2. The Labute approximate surface area is 88.4 Å². The third-order valence-electron chi connectivity index (χ3n) is 2.52. The first kappa shape index (κ1) is 10.1. The fourth-order valence-electron chi connectivity index (χ4n) is 1.74. The average Bonchev–Trinajstić information content (AvgIpc) is 2.67. The van der Waals surface area contributed by atoms with Crippen molar-refractivity contribution in [1.82, 2.24) is 5.16 Å². The van der Waals surface area contributed by atoms with Gasteiger partial charge in [0.1, 0.15) is 5.76 Å². The molecule has 1 saturated heterocycles. The van der Waals surface area contributed by atoms with E-state index >= 15 is 0 Å². The van der Waals surface area contributed by atoms with Gasteiger partial charge in [-0.1, -0.05) is 11.6 Å². The Morgan fingerprint density at radius 2 is 2.50 bits per heavy atom. The third kappa shape index (κ3) is 2.51. The first-order chi connectivity index (χ1) is 6.88. The van der Waals surface area contributed by atoms with Crippen molar-refractivity contribution in [3.63, 3.8) is 0 Å². The van der Waals surface area contributed by atoms with Crippen molar-refractivity contribution in [2.45, 2.75) is 37.5 Å². The molecule has 1 atom stereocenters. The second-order valence-electron chi connectivity index (χ2n) is 3.68. The molecular weight excluding hydrogens is 196 g/mol. The van der Waals surface area contributed by atoms with E-state index < -0.39 is 0 Å². The Kier molecular flexibility index (Phi) is 3.48. The van der Waals surface area contributed by atoms with Gasteiger partial charge in [0.2, 0.25) is 0 Å². The lowest BCUT2D eigenvalue weighted by molar-refractivity contribution is 0.374. The Morgan fingerprint density at radius 3 is 3.14 bits per heavy atom. The van der Waals surface area contributed by atoms with Crippen molar-refractivity contribution in [3.05, 3.63) is 17.5 Å². The van der Waals surface area contributed by atoms with E-state index in [-0.39, 0.29) is 0 Å². The normalized spacial score (nSPS) is 22.5. The zero-order chi connectivity index (χ0) is 9.80. The van der Waals surface area contributed by atoms with Crippen LogP contribution in [0.25, 0.3) is 0 Å². The van der Waals surface area contributed by atoms with Crippen molar-refractivity contribution in [1.29, 1.82) is 0 Å². The smallest absolute Gasteiger partial charge is 0.138 e. The molecule has 1 unspecified atom stereocenters. The zero-order valence-electron chi connectivity index (χ0n) is 8.24. The van der Waals surface area contributed by atoms with Gasteiger partial charge in [-0.25, -0.2) is 0 Å². The second kappa shape index (κ2) is 4.84. The second-order valence-corrected chi connectivity index (χ2v) is 5.09. The lowest BCUT2D eigenvalue weighted by Gasteiger charge is -2.19. The molecular formula is C10H16N2OS. The summed E-state index contributed by atoms with van der Waals surface area (Å²) in [7, 11) is 0. The van der Waals surface area contributed by atoms with E-state index in [2.05, 4.69) is 16.9 Å². The molecule has 1 aliphatic rings. The first-order valence-corrected chi connectivity index (χ1v) is 6.19. The molecule has 1 aliphatic heterocycles. The lowest BCUT2D eigenvalue weighted by Crippen LogP contribution is -2.11. The molecule has 0 aromatic carbocycles. The molecule has 2 N–H and O–H groups in total. The monoisotopic (exact) mass is 212 g/mol. The third-order valence-corrected chi connectivity index (χ3v) is 3.92. The van der Waals surface area contributed by atoms with Gasteiger partial charge in [0.25, 0.3) is 0 Å². The van der Waals surface area contributed by atoms with Gasteiger partial charge in [-0.2, -0.15) is 11.8 Å². The van der Waals surface area contributed by atoms with Gasteiger partial charge in [0.15, 0.2) is 0 Å². The SMILES string of the molecule is NCc1cc(CC2CCCCS2)on1. The van der Waals surface area contributed by atoms with Crippen LogP contribution >= 0.6 is 11.8 Å². The fourth-order valence-corrected chi connectivity index (χ4v) is 3.06. The van der Waals surface area contributed by atoms with E-state index in [0.29, 0.717) is 6.54 Å². The maximum atomic E-state index is 5.47. The molecule has 14 heavy (non-hydrogen) atoms. The number of nitrogens with zero attached hydrogens (tertiary/aromatic N) is 1. The van der Waals surface area contributed by atoms with Crippen LogP contribution in [0.2, 0.25) is 0 Å². The van der Waals surface area contributed by atoms with E-state index in [4.69, 9.17) is 10.3 Å². The van der Waals surface area contributed by atoms with Crippen molar-refractivity contribution >= 4 is 11.8 Å². The summed E-state index contributed by atoms with van der Waals surface area (Å²) in [6, 6.07) is 1.98. The summed E-state index contributed by atoms with van der Waals surface area (Å²) in [6.07, 6.45) is 5.04. The molecule has 0 saturated carbocycles. The van der Waals surface area contributed by atoms with Crippen LogP contribution in [0.1, 0.15) is 30.7 Å². The van der Waals surface area contributed by atoms with Gasteiger partial charge in [-0.3, -0.25) is 0 Å². The highest BCUT2D eigenvalue weighted by atomic mass is 32.2. The van der Waals surface area contributed by atoms with E-state index in [1.54, 1.807) is 0 Å². The van der Waals surface area contributed by atoms with Gasteiger partial charge >= 0.3 is 0 Å². The van der Waals surface area contributed by atoms with Gasteiger partial charge in [-0.05, 0) is 18.6 Å². The van der Waals surface area contributed by atoms with Gasteiger partial charge in [-0.15, -0.1) is 0 Å². The van der Waals surface area contributed by atoms with Crippen LogP contribution in [0.4, 0.5) is 0 Å². The minimum atomic E-state index is 0.474. The summed E-state index contributed by atoms with van der Waals surface area (Å²) in [5.41, 5.74) is 6.33. The predicted molar refractivity (Wildman–Crippen MR) is 58.2 cm³/mol. The molecule has 1 fully saturated rings. The lowest BCUT2D eigenvalue weighted by atomic mass is 10.1. The van der Waals surface area contributed by atoms with Crippen LogP contribution in [-0.2, 0) is 13.0 Å². The maximum Gasteiger partial charge on any atom is 0.138 e.